The van der Waals surface area contributed by atoms with E-state index < -0.39 is 16.9 Å². The van der Waals surface area contributed by atoms with Gasteiger partial charge in [0.2, 0.25) is 5.91 Å². The zero-order chi connectivity index (χ0) is 16.1. The number of hydrogen-bond donors (Lipinski definition) is 1. The topological polar surface area (TPSA) is 38.3 Å². The van der Waals surface area contributed by atoms with Crippen molar-refractivity contribution in [2.45, 2.75) is 17.1 Å². The molecule has 0 saturated heterocycles. The molecule has 1 N–H and O–H groups in total. The lowest BCUT2D eigenvalue weighted by Gasteiger charge is -2.12. The third-order valence-electron chi connectivity index (χ3n) is 2.91. The molecule has 0 aliphatic rings. The van der Waals surface area contributed by atoms with E-state index in [-0.39, 0.29) is 5.91 Å². The van der Waals surface area contributed by atoms with Gasteiger partial charge in [-0.15, -0.1) is 11.8 Å². The zero-order valence-corrected chi connectivity index (χ0v) is 12.9. The molecule has 0 aliphatic heterocycles. The SMILES string of the molecule is COc1cccc(NC(=O)[C@H](C)Sc2ccc(F)c(F)c2)c1. The lowest BCUT2D eigenvalue weighted by molar-refractivity contribution is -0.115. The van der Waals surface area contributed by atoms with Gasteiger partial charge in [-0.25, -0.2) is 8.78 Å². The van der Waals surface area contributed by atoms with E-state index in [9.17, 15) is 13.6 Å². The zero-order valence-electron chi connectivity index (χ0n) is 12.1. The minimum absolute atomic E-state index is 0.233. The molecule has 0 fully saturated rings. The molecular formula is C16H15F2NO2S. The molecule has 0 saturated carbocycles. The molecule has 2 aromatic rings. The molecule has 0 spiro atoms. The molecule has 0 unspecified atom stereocenters. The van der Waals surface area contributed by atoms with Gasteiger partial charge in [-0.2, -0.15) is 0 Å². The smallest absolute Gasteiger partial charge is 0.237 e. The second-order valence-electron chi connectivity index (χ2n) is 4.56. The number of ether oxygens (including phenoxy) is 1. The third kappa shape index (κ3) is 4.21. The second kappa shape index (κ2) is 7.26. The number of methoxy groups -OCH3 is 1. The van der Waals surface area contributed by atoms with E-state index in [4.69, 9.17) is 4.74 Å². The van der Waals surface area contributed by atoms with Crippen LogP contribution in [0.3, 0.4) is 0 Å². The van der Waals surface area contributed by atoms with E-state index in [1.165, 1.54) is 6.07 Å². The number of rotatable bonds is 5. The third-order valence-corrected chi connectivity index (χ3v) is 4.00. The highest BCUT2D eigenvalue weighted by molar-refractivity contribution is 8.00. The van der Waals surface area contributed by atoms with E-state index in [1.807, 2.05) is 0 Å². The molecule has 0 bridgehead atoms. The van der Waals surface area contributed by atoms with Gasteiger partial charge in [-0.05, 0) is 37.3 Å². The van der Waals surface area contributed by atoms with Gasteiger partial charge in [0.15, 0.2) is 11.6 Å². The summed E-state index contributed by atoms with van der Waals surface area (Å²) >= 11 is 1.15. The second-order valence-corrected chi connectivity index (χ2v) is 5.97. The van der Waals surface area contributed by atoms with E-state index in [0.29, 0.717) is 16.3 Å². The molecule has 0 heterocycles. The number of anilines is 1. The first-order chi connectivity index (χ1) is 10.5. The lowest BCUT2D eigenvalue weighted by atomic mass is 10.3. The van der Waals surface area contributed by atoms with Crippen LogP contribution in [0.25, 0.3) is 0 Å². The molecule has 116 valence electrons. The van der Waals surface area contributed by atoms with Crippen molar-refractivity contribution in [3.8, 4) is 5.75 Å². The van der Waals surface area contributed by atoms with Crippen LogP contribution in [0.2, 0.25) is 0 Å². The lowest BCUT2D eigenvalue weighted by Crippen LogP contribution is -2.22. The number of hydrogen-bond acceptors (Lipinski definition) is 3. The van der Waals surface area contributed by atoms with Crippen molar-refractivity contribution < 1.29 is 18.3 Å². The van der Waals surface area contributed by atoms with Crippen LogP contribution < -0.4 is 10.1 Å². The van der Waals surface area contributed by atoms with Crippen molar-refractivity contribution in [3.05, 3.63) is 54.1 Å². The molecule has 1 amide bonds. The molecule has 1 atom stereocenters. The van der Waals surface area contributed by atoms with Crippen LogP contribution >= 0.6 is 11.8 Å². The molecule has 2 aromatic carbocycles. The Hall–Kier alpha value is -2.08. The number of carbonyl (C=O) groups excluding carboxylic acids is 1. The van der Waals surface area contributed by atoms with E-state index in [0.717, 1.165) is 23.9 Å². The van der Waals surface area contributed by atoms with Gasteiger partial charge in [0, 0.05) is 16.6 Å². The van der Waals surface area contributed by atoms with Crippen molar-refractivity contribution in [2.75, 3.05) is 12.4 Å². The van der Waals surface area contributed by atoms with Crippen LogP contribution in [-0.2, 0) is 4.79 Å². The Morgan fingerprint density at radius 2 is 1.95 bits per heavy atom. The maximum Gasteiger partial charge on any atom is 0.237 e. The largest absolute Gasteiger partial charge is 0.497 e. The van der Waals surface area contributed by atoms with Crippen molar-refractivity contribution in [2.24, 2.45) is 0 Å². The first-order valence-electron chi connectivity index (χ1n) is 6.56. The molecule has 22 heavy (non-hydrogen) atoms. The predicted molar refractivity (Wildman–Crippen MR) is 83.3 cm³/mol. The van der Waals surface area contributed by atoms with Gasteiger partial charge < -0.3 is 10.1 Å². The molecule has 6 heteroatoms. The molecule has 0 aromatic heterocycles. The summed E-state index contributed by atoms with van der Waals surface area (Å²) in [6.07, 6.45) is 0. The summed E-state index contributed by atoms with van der Waals surface area (Å²) in [6, 6.07) is 10.6. The first kappa shape index (κ1) is 16.3. The van der Waals surface area contributed by atoms with E-state index >= 15 is 0 Å². The predicted octanol–water partition coefficient (Wildman–Crippen LogP) is 4.09. The number of benzene rings is 2. The van der Waals surface area contributed by atoms with Gasteiger partial charge >= 0.3 is 0 Å². The van der Waals surface area contributed by atoms with Crippen molar-refractivity contribution in [1.29, 1.82) is 0 Å². The normalized spacial score (nSPS) is 11.8. The summed E-state index contributed by atoms with van der Waals surface area (Å²) < 4.78 is 31.1. The van der Waals surface area contributed by atoms with Crippen molar-refractivity contribution >= 4 is 23.4 Å². The van der Waals surface area contributed by atoms with E-state index in [2.05, 4.69) is 5.32 Å². The summed E-state index contributed by atoms with van der Waals surface area (Å²) in [7, 11) is 1.54. The molecular weight excluding hydrogens is 308 g/mol. The fourth-order valence-corrected chi connectivity index (χ4v) is 2.64. The molecule has 0 radical (unpaired) electrons. The van der Waals surface area contributed by atoms with Gasteiger partial charge in [0.25, 0.3) is 0 Å². The monoisotopic (exact) mass is 323 g/mol. The van der Waals surface area contributed by atoms with Crippen LogP contribution in [0.15, 0.2) is 47.4 Å². The van der Waals surface area contributed by atoms with Gasteiger partial charge in [0.1, 0.15) is 5.75 Å². The molecule has 3 nitrogen and oxygen atoms in total. The fraction of sp³-hybridized carbons (Fsp3) is 0.188. The standard InChI is InChI=1S/C16H15F2NO2S/c1-10(22-13-6-7-14(17)15(18)9-13)16(20)19-11-4-3-5-12(8-11)21-2/h3-10H,1-2H3,(H,19,20)/t10-/m0/s1. The average Bonchev–Trinajstić information content (AvgIpc) is 2.51. The van der Waals surface area contributed by atoms with Crippen LogP contribution in [-0.4, -0.2) is 18.3 Å². The number of thioether (sulfide) groups is 1. The summed E-state index contributed by atoms with van der Waals surface area (Å²) in [5.74, 6) is -1.43. The average molecular weight is 323 g/mol. The van der Waals surface area contributed by atoms with Crippen LogP contribution in [0.4, 0.5) is 14.5 Å². The Kier molecular flexibility index (Phi) is 5.38. The highest BCUT2D eigenvalue weighted by atomic mass is 32.2. The fourth-order valence-electron chi connectivity index (χ4n) is 1.75. The minimum Gasteiger partial charge on any atom is -0.497 e. The van der Waals surface area contributed by atoms with Crippen LogP contribution in [0.5, 0.6) is 5.75 Å². The Morgan fingerprint density at radius 3 is 2.64 bits per heavy atom. The number of nitrogens with one attached hydrogen (secondary N) is 1. The Bertz CT molecular complexity index is 679. The first-order valence-corrected chi connectivity index (χ1v) is 7.44. The summed E-state index contributed by atoms with van der Waals surface area (Å²) in [4.78, 5) is 12.6. The number of halogens is 2. The summed E-state index contributed by atoms with van der Waals surface area (Å²) in [6.45, 7) is 1.70. The van der Waals surface area contributed by atoms with Crippen molar-refractivity contribution in [3.63, 3.8) is 0 Å². The van der Waals surface area contributed by atoms with E-state index in [1.54, 1.807) is 38.3 Å². The molecule has 0 aliphatic carbocycles. The summed E-state index contributed by atoms with van der Waals surface area (Å²) in [5, 5.41) is 2.29. The Balaban J connectivity index is 2.00. The number of carbonyl (C=O) groups is 1. The quantitative estimate of drug-likeness (QED) is 0.842. The highest BCUT2D eigenvalue weighted by Gasteiger charge is 2.15. The van der Waals surface area contributed by atoms with Gasteiger partial charge in [0.05, 0.1) is 12.4 Å². The van der Waals surface area contributed by atoms with Crippen molar-refractivity contribution in [1.82, 2.24) is 0 Å². The Morgan fingerprint density at radius 1 is 1.18 bits per heavy atom. The number of amides is 1. The summed E-state index contributed by atoms with van der Waals surface area (Å²) in [5.41, 5.74) is 0.613. The highest BCUT2D eigenvalue weighted by Crippen LogP contribution is 2.26. The Labute approximate surface area is 131 Å². The minimum atomic E-state index is -0.926. The molecule has 2 rings (SSSR count). The van der Waals surface area contributed by atoms with Gasteiger partial charge in [-0.1, -0.05) is 6.07 Å². The van der Waals surface area contributed by atoms with Crippen LogP contribution in [0, 0.1) is 11.6 Å². The van der Waals surface area contributed by atoms with Crippen LogP contribution in [0.1, 0.15) is 6.92 Å². The maximum absolute atomic E-state index is 13.2. The van der Waals surface area contributed by atoms with Gasteiger partial charge in [-0.3, -0.25) is 4.79 Å². The maximum atomic E-state index is 13.2.